The van der Waals surface area contributed by atoms with Crippen LogP contribution in [-0.4, -0.2) is 60.0 Å². The molecule has 1 aliphatic rings. The Kier molecular flexibility index (Phi) is 6.96. The van der Waals surface area contributed by atoms with Crippen LogP contribution in [0.2, 0.25) is 0 Å². The quantitative estimate of drug-likeness (QED) is 0.377. The predicted octanol–water partition coefficient (Wildman–Crippen LogP) is 4.40. The van der Waals surface area contributed by atoms with Gasteiger partial charge in [0.15, 0.2) is 0 Å². The summed E-state index contributed by atoms with van der Waals surface area (Å²) in [5.74, 6) is 0.165. The van der Waals surface area contributed by atoms with E-state index in [2.05, 4.69) is 42.8 Å². The molecule has 3 aromatic carbocycles. The molecule has 9 nitrogen and oxygen atoms in total. The molecule has 1 aromatic heterocycles. The summed E-state index contributed by atoms with van der Waals surface area (Å²) in [6.45, 7) is 5.44. The lowest BCUT2D eigenvalue weighted by atomic mass is 10.1. The third-order valence-electron chi connectivity index (χ3n) is 6.51. The summed E-state index contributed by atoms with van der Waals surface area (Å²) in [6.07, 6.45) is 1.54. The van der Waals surface area contributed by atoms with Crippen LogP contribution in [0.5, 0.6) is 0 Å². The van der Waals surface area contributed by atoms with Gasteiger partial charge in [-0.25, -0.2) is 14.8 Å². The van der Waals surface area contributed by atoms with E-state index < -0.39 is 11.9 Å². The number of nitrogens with one attached hydrogen (secondary N) is 3. The summed E-state index contributed by atoms with van der Waals surface area (Å²) in [7, 11) is 2.09. The largest absolute Gasteiger partial charge is 0.367 e. The van der Waals surface area contributed by atoms with Crippen molar-refractivity contribution < 1.29 is 9.59 Å². The van der Waals surface area contributed by atoms with Crippen molar-refractivity contribution in [3.05, 3.63) is 84.2 Å². The Balaban J connectivity index is 1.49. The highest BCUT2D eigenvalue weighted by Crippen LogP contribution is 2.34. The summed E-state index contributed by atoms with van der Waals surface area (Å²) in [5, 5.41) is 9.49. The molecule has 0 unspecified atom stereocenters. The zero-order chi connectivity index (χ0) is 25.8. The number of likely N-dealkylation sites (N-methyl/N-ethyl adjacent to an activating group) is 1. The van der Waals surface area contributed by atoms with Gasteiger partial charge in [0.1, 0.15) is 12.1 Å². The van der Waals surface area contributed by atoms with Gasteiger partial charge in [0.2, 0.25) is 0 Å². The average molecular weight is 496 g/mol. The SMILES string of the molecule is Cc1ccccc1Nc1ncnc2cc(N3CCN(C)CC3)c(NC(=O)NC(=O)c3ccccc3)cc12. The normalized spacial score (nSPS) is 13.8. The molecule has 188 valence electrons. The molecule has 4 aromatic rings. The molecule has 5 rings (SSSR count). The number of anilines is 4. The van der Waals surface area contributed by atoms with Crippen molar-refractivity contribution in [1.82, 2.24) is 20.2 Å². The maximum absolute atomic E-state index is 12.9. The van der Waals surface area contributed by atoms with Gasteiger partial charge in [-0.1, -0.05) is 36.4 Å². The van der Waals surface area contributed by atoms with Crippen molar-refractivity contribution in [1.29, 1.82) is 0 Å². The van der Waals surface area contributed by atoms with E-state index in [1.54, 1.807) is 24.3 Å². The van der Waals surface area contributed by atoms with Crippen LogP contribution in [0.15, 0.2) is 73.1 Å². The van der Waals surface area contributed by atoms with E-state index in [1.807, 2.05) is 49.4 Å². The monoisotopic (exact) mass is 495 g/mol. The molecule has 0 spiro atoms. The van der Waals surface area contributed by atoms with E-state index in [4.69, 9.17) is 0 Å². The Hall–Kier alpha value is -4.50. The number of hydrogen-bond donors (Lipinski definition) is 3. The fourth-order valence-electron chi connectivity index (χ4n) is 4.36. The Morgan fingerprint density at radius 1 is 0.865 bits per heavy atom. The first-order valence-corrected chi connectivity index (χ1v) is 12.2. The number of fused-ring (bicyclic) bond motifs is 1. The highest BCUT2D eigenvalue weighted by Gasteiger charge is 2.21. The topological polar surface area (TPSA) is 102 Å². The number of imide groups is 1. The van der Waals surface area contributed by atoms with Crippen LogP contribution in [0, 0.1) is 6.92 Å². The zero-order valence-corrected chi connectivity index (χ0v) is 20.9. The van der Waals surface area contributed by atoms with Crippen molar-refractivity contribution in [2.24, 2.45) is 0 Å². The number of rotatable bonds is 5. The Morgan fingerprint density at radius 2 is 1.59 bits per heavy atom. The number of piperazine rings is 1. The Morgan fingerprint density at radius 3 is 2.35 bits per heavy atom. The minimum Gasteiger partial charge on any atom is -0.367 e. The van der Waals surface area contributed by atoms with Gasteiger partial charge in [-0.3, -0.25) is 10.1 Å². The second-order valence-electron chi connectivity index (χ2n) is 9.11. The van der Waals surface area contributed by atoms with Crippen molar-refractivity contribution in [2.75, 3.05) is 48.8 Å². The van der Waals surface area contributed by atoms with Crippen LogP contribution in [0.3, 0.4) is 0 Å². The van der Waals surface area contributed by atoms with Gasteiger partial charge >= 0.3 is 6.03 Å². The lowest BCUT2D eigenvalue weighted by Crippen LogP contribution is -2.45. The number of aryl methyl sites for hydroxylation is 1. The summed E-state index contributed by atoms with van der Waals surface area (Å²) < 4.78 is 0. The summed E-state index contributed by atoms with van der Waals surface area (Å²) in [4.78, 5) is 39.0. The molecule has 3 amide bonds. The molecule has 0 bridgehead atoms. The van der Waals surface area contributed by atoms with Gasteiger partial charge in [-0.15, -0.1) is 0 Å². The highest BCUT2D eigenvalue weighted by molar-refractivity contribution is 6.10. The van der Waals surface area contributed by atoms with Crippen LogP contribution < -0.4 is 20.9 Å². The van der Waals surface area contributed by atoms with Crippen LogP contribution in [0.4, 0.5) is 27.7 Å². The standard InChI is InChI=1S/C28H29N7O2/c1-19-8-6-7-11-22(19)31-26-21-16-24(32-28(37)33-27(36)20-9-4-3-5-10-20)25(17-23(21)29-18-30-26)35-14-12-34(2)13-15-35/h3-11,16-18H,12-15H2,1-2H3,(H,29,30,31)(H2,32,33,36,37). The zero-order valence-electron chi connectivity index (χ0n) is 20.9. The smallest absolute Gasteiger partial charge is 0.326 e. The molecule has 1 aliphatic heterocycles. The first-order valence-electron chi connectivity index (χ1n) is 12.2. The molecule has 0 atom stereocenters. The highest BCUT2D eigenvalue weighted by atomic mass is 16.2. The van der Waals surface area contributed by atoms with E-state index in [1.165, 1.54) is 6.33 Å². The number of carbonyl (C=O) groups is 2. The molecule has 0 aliphatic carbocycles. The van der Waals surface area contributed by atoms with Crippen molar-refractivity contribution >= 4 is 45.7 Å². The third-order valence-corrected chi connectivity index (χ3v) is 6.51. The van der Waals surface area contributed by atoms with Gasteiger partial charge in [0.25, 0.3) is 5.91 Å². The van der Waals surface area contributed by atoms with E-state index in [-0.39, 0.29) is 0 Å². The molecular weight excluding hydrogens is 466 g/mol. The molecule has 3 N–H and O–H groups in total. The minimum atomic E-state index is -0.603. The van der Waals surface area contributed by atoms with Crippen LogP contribution in [0.25, 0.3) is 10.9 Å². The molecule has 9 heteroatoms. The molecular formula is C28H29N7O2. The van der Waals surface area contributed by atoms with Crippen LogP contribution >= 0.6 is 0 Å². The number of carbonyl (C=O) groups excluding carboxylic acids is 2. The van der Waals surface area contributed by atoms with Gasteiger partial charge in [-0.05, 0) is 49.9 Å². The van der Waals surface area contributed by atoms with Crippen molar-refractivity contribution in [2.45, 2.75) is 6.92 Å². The van der Waals surface area contributed by atoms with E-state index in [0.29, 0.717) is 17.1 Å². The average Bonchev–Trinajstić information content (AvgIpc) is 2.91. The maximum atomic E-state index is 12.9. The van der Waals surface area contributed by atoms with Crippen molar-refractivity contribution in [3.63, 3.8) is 0 Å². The summed E-state index contributed by atoms with van der Waals surface area (Å²) in [6, 6.07) is 19.9. The number of aromatic nitrogens is 2. The second-order valence-corrected chi connectivity index (χ2v) is 9.11. The first kappa shape index (κ1) is 24.2. The van der Waals surface area contributed by atoms with Crippen LogP contribution in [0.1, 0.15) is 15.9 Å². The molecule has 37 heavy (non-hydrogen) atoms. The fourth-order valence-corrected chi connectivity index (χ4v) is 4.36. The number of urea groups is 1. The summed E-state index contributed by atoms with van der Waals surface area (Å²) >= 11 is 0. The van der Waals surface area contributed by atoms with E-state index in [0.717, 1.165) is 54.0 Å². The molecule has 0 saturated carbocycles. The first-order chi connectivity index (χ1) is 18.0. The predicted molar refractivity (Wildman–Crippen MR) is 147 cm³/mol. The number of benzene rings is 3. The Bertz CT molecular complexity index is 1430. The van der Waals surface area contributed by atoms with Crippen molar-refractivity contribution in [3.8, 4) is 0 Å². The summed E-state index contributed by atoms with van der Waals surface area (Å²) in [5.41, 5.74) is 4.62. The van der Waals surface area contributed by atoms with Gasteiger partial charge in [-0.2, -0.15) is 0 Å². The lowest BCUT2D eigenvalue weighted by Gasteiger charge is -2.35. The Labute approximate surface area is 215 Å². The van der Waals surface area contributed by atoms with E-state index >= 15 is 0 Å². The number of amides is 3. The lowest BCUT2D eigenvalue weighted by molar-refractivity contribution is 0.0967. The molecule has 1 fully saturated rings. The number of hydrogen-bond acceptors (Lipinski definition) is 7. The maximum Gasteiger partial charge on any atom is 0.326 e. The number of nitrogens with zero attached hydrogens (tertiary/aromatic N) is 4. The fraction of sp³-hybridized carbons (Fsp3) is 0.214. The van der Waals surface area contributed by atoms with Crippen LogP contribution in [-0.2, 0) is 0 Å². The molecule has 1 saturated heterocycles. The van der Waals surface area contributed by atoms with Gasteiger partial charge in [0, 0.05) is 42.8 Å². The third kappa shape index (κ3) is 5.52. The van der Waals surface area contributed by atoms with Gasteiger partial charge in [0.05, 0.1) is 16.9 Å². The van der Waals surface area contributed by atoms with E-state index in [9.17, 15) is 9.59 Å². The minimum absolute atomic E-state index is 0.411. The molecule has 2 heterocycles. The molecule has 0 radical (unpaired) electrons. The number of para-hydroxylation sites is 1. The second kappa shape index (κ2) is 10.6. The van der Waals surface area contributed by atoms with Gasteiger partial charge < -0.3 is 20.4 Å².